The summed E-state index contributed by atoms with van der Waals surface area (Å²) in [4.78, 5) is 12.3. The molecule has 1 heterocycles. The minimum atomic E-state index is -3.48. The van der Waals surface area contributed by atoms with Crippen molar-refractivity contribution in [3.63, 3.8) is 0 Å². The van der Waals surface area contributed by atoms with Crippen LogP contribution in [0.1, 0.15) is 26.7 Å². The number of carbonyl (C=O) groups excluding carboxylic acids is 1. The molecule has 0 saturated carbocycles. The van der Waals surface area contributed by atoms with Gasteiger partial charge in [0, 0.05) is 0 Å². The Balaban J connectivity index is 2.04. The Kier molecular flexibility index (Phi) is 6.43. The van der Waals surface area contributed by atoms with Gasteiger partial charge in [0.2, 0.25) is 19.3 Å². The first-order chi connectivity index (χ1) is 11.9. The standard InChI is InChI=1S/C15H18FN3O4S2/c1-3-9-25(21,22)15-19-18-14(24-15)17-13(20)12(4-2)23-11-7-5-10(16)6-8-11/h5-8,12H,3-4,9H2,1-2H3,(H,17,18,20). The van der Waals surface area contributed by atoms with Crippen molar-refractivity contribution in [3.05, 3.63) is 30.1 Å². The number of halogens is 1. The van der Waals surface area contributed by atoms with Gasteiger partial charge in [0.1, 0.15) is 11.6 Å². The summed E-state index contributed by atoms with van der Waals surface area (Å²) in [5.74, 6) is -0.560. The minimum absolute atomic E-state index is 0.0269. The Hall–Kier alpha value is -2.07. The summed E-state index contributed by atoms with van der Waals surface area (Å²) < 4.78 is 42.2. The fourth-order valence-corrected chi connectivity index (χ4v) is 4.28. The smallest absolute Gasteiger partial charge is 0.267 e. The zero-order valence-corrected chi connectivity index (χ0v) is 15.4. The number of hydrogen-bond acceptors (Lipinski definition) is 7. The summed E-state index contributed by atoms with van der Waals surface area (Å²) in [6.07, 6.45) is 0.000745. The van der Waals surface area contributed by atoms with E-state index in [0.29, 0.717) is 18.6 Å². The van der Waals surface area contributed by atoms with E-state index in [2.05, 4.69) is 15.5 Å². The first kappa shape index (κ1) is 19.3. The molecule has 1 aromatic carbocycles. The highest BCUT2D eigenvalue weighted by molar-refractivity contribution is 7.93. The quantitative estimate of drug-likeness (QED) is 0.699. The van der Waals surface area contributed by atoms with Crippen LogP contribution in [0, 0.1) is 5.82 Å². The van der Waals surface area contributed by atoms with Gasteiger partial charge in [-0.25, -0.2) is 12.8 Å². The largest absolute Gasteiger partial charge is 0.481 e. The van der Waals surface area contributed by atoms with E-state index in [0.717, 1.165) is 11.3 Å². The molecular weight excluding hydrogens is 369 g/mol. The summed E-state index contributed by atoms with van der Waals surface area (Å²) in [6.45, 7) is 3.50. The van der Waals surface area contributed by atoms with Crippen LogP contribution in [0.5, 0.6) is 5.75 Å². The van der Waals surface area contributed by atoms with E-state index >= 15 is 0 Å². The second-order valence-corrected chi connectivity index (χ2v) is 8.41. The SMILES string of the molecule is CCCS(=O)(=O)c1nnc(NC(=O)C(CC)Oc2ccc(F)cc2)s1. The van der Waals surface area contributed by atoms with Crippen LogP contribution < -0.4 is 10.1 Å². The van der Waals surface area contributed by atoms with Crippen LogP contribution in [0.2, 0.25) is 0 Å². The van der Waals surface area contributed by atoms with Crippen molar-refractivity contribution in [2.75, 3.05) is 11.1 Å². The molecule has 1 aromatic heterocycles. The number of benzene rings is 1. The number of ether oxygens (including phenoxy) is 1. The molecule has 25 heavy (non-hydrogen) atoms. The van der Waals surface area contributed by atoms with Crippen molar-refractivity contribution in [2.45, 2.75) is 37.1 Å². The molecule has 0 aliphatic carbocycles. The zero-order chi connectivity index (χ0) is 18.4. The topological polar surface area (TPSA) is 98.3 Å². The van der Waals surface area contributed by atoms with E-state index < -0.39 is 27.7 Å². The van der Waals surface area contributed by atoms with Crippen LogP contribution in [-0.2, 0) is 14.6 Å². The van der Waals surface area contributed by atoms with Gasteiger partial charge < -0.3 is 4.74 Å². The van der Waals surface area contributed by atoms with E-state index in [9.17, 15) is 17.6 Å². The number of carbonyl (C=O) groups is 1. The molecule has 1 atom stereocenters. The summed E-state index contributed by atoms with van der Waals surface area (Å²) >= 11 is 0.797. The Bertz CT molecular complexity index is 822. The molecule has 0 radical (unpaired) electrons. The zero-order valence-electron chi connectivity index (χ0n) is 13.7. The van der Waals surface area contributed by atoms with Gasteiger partial charge in [-0.2, -0.15) is 0 Å². The maximum Gasteiger partial charge on any atom is 0.267 e. The maximum atomic E-state index is 12.9. The molecule has 10 heteroatoms. The molecule has 2 rings (SSSR count). The monoisotopic (exact) mass is 387 g/mol. The molecule has 1 N–H and O–H groups in total. The van der Waals surface area contributed by atoms with Gasteiger partial charge in [0.15, 0.2) is 6.10 Å². The lowest BCUT2D eigenvalue weighted by Gasteiger charge is -2.16. The van der Waals surface area contributed by atoms with Gasteiger partial charge >= 0.3 is 0 Å². The van der Waals surface area contributed by atoms with Crippen molar-refractivity contribution in [1.82, 2.24) is 10.2 Å². The molecule has 1 unspecified atom stereocenters. The van der Waals surface area contributed by atoms with Crippen LogP contribution in [-0.4, -0.2) is 36.4 Å². The lowest BCUT2D eigenvalue weighted by Crippen LogP contribution is -2.32. The Morgan fingerprint density at radius 3 is 2.56 bits per heavy atom. The fraction of sp³-hybridized carbons (Fsp3) is 0.400. The summed E-state index contributed by atoms with van der Waals surface area (Å²) in [7, 11) is -3.48. The Labute approximate surface area is 149 Å². The highest BCUT2D eigenvalue weighted by atomic mass is 32.2. The molecule has 0 spiro atoms. The van der Waals surface area contributed by atoms with Crippen LogP contribution in [0.15, 0.2) is 28.6 Å². The average Bonchev–Trinajstić information content (AvgIpc) is 3.03. The Morgan fingerprint density at radius 1 is 1.28 bits per heavy atom. The van der Waals surface area contributed by atoms with Crippen molar-refractivity contribution >= 4 is 32.2 Å². The number of sulfone groups is 1. The molecule has 0 fully saturated rings. The molecule has 136 valence electrons. The molecule has 0 aliphatic rings. The Morgan fingerprint density at radius 2 is 1.96 bits per heavy atom. The molecule has 0 bridgehead atoms. The van der Waals surface area contributed by atoms with Gasteiger partial charge in [-0.1, -0.05) is 25.2 Å². The van der Waals surface area contributed by atoms with Crippen molar-refractivity contribution < 1.29 is 22.3 Å². The number of aromatic nitrogens is 2. The van der Waals surface area contributed by atoms with Crippen LogP contribution in [0.3, 0.4) is 0 Å². The van der Waals surface area contributed by atoms with Gasteiger partial charge in [-0.05, 0) is 37.1 Å². The molecule has 7 nitrogen and oxygen atoms in total. The lowest BCUT2D eigenvalue weighted by atomic mass is 10.2. The average molecular weight is 387 g/mol. The number of amides is 1. The number of anilines is 1. The van der Waals surface area contributed by atoms with E-state index in [1.165, 1.54) is 24.3 Å². The van der Waals surface area contributed by atoms with Crippen LogP contribution >= 0.6 is 11.3 Å². The van der Waals surface area contributed by atoms with E-state index in [-0.39, 0.29) is 15.2 Å². The fourth-order valence-electron chi connectivity index (χ4n) is 1.93. The van der Waals surface area contributed by atoms with Crippen molar-refractivity contribution in [2.24, 2.45) is 0 Å². The van der Waals surface area contributed by atoms with E-state index in [1.807, 2.05) is 0 Å². The molecule has 0 saturated heterocycles. The highest BCUT2D eigenvalue weighted by Gasteiger charge is 2.23. The molecule has 1 amide bonds. The van der Waals surface area contributed by atoms with Gasteiger partial charge in [-0.3, -0.25) is 10.1 Å². The molecule has 2 aromatic rings. The van der Waals surface area contributed by atoms with Gasteiger partial charge in [0.05, 0.1) is 5.75 Å². The van der Waals surface area contributed by atoms with Gasteiger partial charge in [0.25, 0.3) is 5.91 Å². The first-order valence-electron chi connectivity index (χ1n) is 7.65. The van der Waals surface area contributed by atoms with Gasteiger partial charge in [-0.15, -0.1) is 10.2 Å². The minimum Gasteiger partial charge on any atom is -0.481 e. The summed E-state index contributed by atoms with van der Waals surface area (Å²) in [6, 6.07) is 5.31. The second kappa shape index (κ2) is 8.34. The van der Waals surface area contributed by atoms with Crippen molar-refractivity contribution in [3.8, 4) is 5.75 Å². The number of nitrogens with one attached hydrogen (secondary N) is 1. The first-order valence-corrected chi connectivity index (χ1v) is 10.1. The third-order valence-corrected chi connectivity index (χ3v) is 6.34. The number of nitrogens with zero attached hydrogens (tertiary/aromatic N) is 2. The molecule has 0 aliphatic heterocycles. The summed E-state index contributed by atoms with van der Waals surface area (Å²) in [5.41, 5.74) is 0. The van der Waals surface area contributed by atoms with E-state index in [1.54, 1.807) is 13.8 Å². The third kappa shape index (κ3) is 5.20. The van der Waals surface area contributed by atoms with Crippen LogP contribution in [0.4, 0.5) is 9.52 Å². The second-order valence-electron chi connectivity index (χ2n) is 5.15. The van der Waals surface area contributed by atoms with Crippen molar-refractivity contribution in [1.29, 1.82) is 0 Å². The molecular formula is C15H18FN3O4S2. The number of rotatable bonds is 8. The number of hydrogen-bond donors (Lipinski definition) is 1. The third-order valence-electron chi connectivity index (χ3n) is 3.13. The van der Waals surface area contributed by atoms with E-state index in [4.69, 9.17) is 4.74 Å². The van der Waals surface area contributed by atoms with Crippen LogP contribution in [0.25, 0.3) is 0 Å². The summed E-state index contributed by atoms with van der Waals surface area (Å²) in [5, 5.41) is 9.90. The maximum absolute atomic E-state index is 12.9. The predicted molar refractivity (Wildman–Crippen MR) is 92.0 cm³/mol. The lowest BCUT2D eigenvalue weighted by molar-refractivity contribution is -0.122. The highest BCUT2D eigenvalue weighted by Crippen LogP contribution is 2.22. The predicted octanol–water partition coefficient (Wildman–Crippen LogP) is 2.66. The normalized spacial score (nSPS) is 12.6.